The zero-order chi connectivity index (χ0) is 18.4. The fourth-order valence-corrected chi connectivity index (χ4v) is 4.28. The van der Waals surface area contributed by atoms with Gasteiger partial charge in [0.1, 0.15) is 0 Å². The molecule has 2 aliphatic heterocycles. The van der Waals surface area contributed by atoms with E-state index in [0.717, 1.165) is 63.6 Å². The highest BCUT2D eigenvalue weighted by molar-refractivity contribution is 6.30. The minimum Gasteiger partial charge on any atom is -0.396 e. The van der Waals surface area contributed by atoms with E-state index in [-0.39, 0.29) is 12.5 Å². The third-order valence-electron chi connectivity index (χ3n) is 5.57. The molecule has 0 radical (unpaired) electrons. The molecule has 1 atom stereocenters. The molecule has 2 fully saturated rings. The summed E-state index contributed by atoms with van der Waals surface area (Å²) in [5.74, 6) is 0.234. The first-order valence-corrected chi connectivity index (χ1v) is 10.1. The molecule has 0 saturated carbocycles. The molecule has 26 heavy (non-hydrogen) atoms. The maximum Gasteiger partial charge on any atom is 0.236 e. The summed E-state index contributed by atoms with van der Waals surface area (Å²) in [6.45, 7) is 5.95. The molecule has 0 aromatic heterocycles. The van der Waals surface area contributed by atoms with E-state index < -0.39 is 0 Å². The van der Waals surface area contributed by atoms with E-state index in [4.69, 9.17) is 11.6 Å². The monoisotopic (exact) mass is 379 g/mol. The number of carbonyl (C=O) groups is 1. The smallest absolute Gasteiger partial charge is 0.236 e. The fourth-order valence-electron chi connectivity index (χ4n) is 4.07. The van der Waals surface area contributed by atoms with E-state index >= 15 is 0 Å². The predicted molar refractivity (Wildman–Crippen MR) is 104 cm³/mol. The Balaban J connectivity index is 1.45. The van der Waals surface area contributed by atoms with Crippen LogP contribution in [0.1, 0.15) is 31.2 Å². The number of halogens is 1. The first-order chi connectivity index (χ1) is 12.7. The van der Waals surface area contributed by atoms with Gasteiger partial charge in [0.15, 0.2) is 0 Å². The predicted octanol–water partition coefficient (Wildman–Crippen LogP) is 2.22. The molecule has 1 unspecified atom stereocenters. The second-order valence-corrected chi connectivity index (χ2v) is 7.86. The summed E-state index contributed by atoms with van der Waals surface area (Å²) >= 11 is 6.06. The molecule has 1 amide bonds. The lowest BCUT2D eigenvalue weighted by atomic mass is 9.99. The lowest BCUT2D eigenvalue weighted by Gasteiger charge is -2.39. The van der Waals surface area contributed by atoms with Crippen molar-refractivity contribution in [2.75, 3.05) is 45.9 Å². The zero-order valence-electron chi connectivity index (χ0n) is 15.4. The third kappa shape index (κ3) is 5.43. The highest BCUT2D eigenvalue weighted by atomic mass is 35.5. The summed E-state index contributed by atoms with van der Waals surface area (Å²) in [4.78, 5) is 19.4. The topological polar surface area (TPSA) is 47.0 Å². The Kier molecular flexibility index (Phi) is 7.32. The summed E-state index contributed by atoms with van der Waals surface area (Å²) in [5, 5.41) is 10.0. The van der Waals surface area contributed by atoms with Crippen LogP contribution in [0.15, 0.2) is 24.3 Å². The molecule has 2 aliphatic rings. The molecule has 1 N–H and O–H groups in total. The Morgan fingerprint density at radius 1 is 1.15 bits per heavy atom. The summed E-state index contributed by atoms with van der Waals surface area (Å²) < 4.78 is 0. The molecule has 6 heteroatoms. The zero-order valence-corrected chi connectivity index (χ0v) is 16.2. The van der Waals surface area contributed by atoms with Gasteiger partial charge in [0, 0.05) is 50.4 Å². The quantitative estimate of drug-likeness (QED) is 0.823. The maximum atomic E-state index is 12.7. The minimum atomic E-state index is 0.206. The van der Waals surface area contributed by atoms with E-state index in [0.29, 0.717) is 12.6 Å². The first kappa shape index (κ1) is 19.6. The van der Waals surface area contributed by atoms with E-state index in [2.05, 4.69) is 15.9 Å². The van der Waals surface area contributed by atoms with Crippen LogP contribution in [-0.2, 0) is 11.3 Å². The second kappa shape index (κ2) is 9.70. The highest BCUT2D eigenvalue weighted by Crippen LogP contribution is 2.20. The fraction of sp³-hybridized carbons (Fsp3) is 0.650. The van der Waals surface area contributed by atoms with Gasteiger partial charge in [-0.3, -0.25) is 14.6 Å². The lowest BCUT2D eigenvalue weighted by molar-refractivity contribution is -0.135. The number of likely N-dealkylation sites (tertiary alicyclic amines) is 1. The molecule has 1 aromatic carbocycles. The van der Waals surface area contributed by atoms with Crippen LogP contribution >= 0.6 is 11.6 Å². The number of piperazine rings is 1. The largest absolute Gasteiger partial charge is 0.396 e. The molecule has 144 valence electrons. The molecular weight excluding hydrogens is 350 g/mol. The van der Waals surface area contributed by atoms with Gasteiger partial charge in [-0.2, -0.15) is 0 Å². The Morgan fingerprint density at radius 3 is 2.69 bits per heavy atom. The van der Waals surface area contributed by atoms with Crippen LogP contribution in [0, 0.1) is 0 Å². The number of carbonyl (C=O) groups excluding carboxylic acids is 1. The van der Waals surface area contributed by atoms with Gasteiger partial charge in [-0.05, 0) is 43.5 Å². The molecule has 0 aliphatic carbocycles. The van der Waals surface area contributed by atoms with Gasteiger partial charge in [0.25, 0.3) is 0 Å². The molecule has 0 spiro atoms. The van der Waals surface area contributed by atoms with Gasteiger partial charge in [-0.1, -0.05) is 30.2 Å². The van der Waals surface area contributed by atoms with E-state index in [1.807, 2.05) is 23.1 Å². The highest BCUT2D eigenvalue weighted by Gasteiger charge is 2.27. The van der Waals surface area contributed by atoms with Crippen molar-refractivity contribution in [2.45, 2.75) is 38.3 Å². The number of nitrogens with zero attached hydrogens (tertiary/aromatic N) is 3. The Hall–Kier alpha value is -1.14. The molecule has 2 saturated heterocycles. The van der Waals surface area contributed by atoms with Crippen LogP contribution in [0.5, 0.6) is 0 Å². The Bertz CT molecular complexity index is 588. The second-order valence-electron chi connectivity index (χ2n) is 7.42. The van der Waals surface area contributed by atoms with Crippen molar-refractivity contribution in [3.8, 4) is 0 Å². The molecule has 3 rings (SSSR count). The van der Waals surface area contributed by atoms with Gasteiger partial charge < -0.3 is 10.0 Å². The first-order valence-electron chi connectivity index (χ1n) is 9.75. The van der Waals surface area contributed by atoms with Gasteiger partial charge >= 0.3 is 0 Å². The number of hydrogen-bond acceptors (Lipinski definition) is 4. The summed E-state index contributed by atoms with van der Waals surface area (Å²) in [6.07, 6.45) is 4.24. The van der Waals surface area contributed by atoms with Crippen molar-refractivity contribution in [1.82, 2.24) is 14.7 Å². The number of hydrogen-bond donors (Lipinski definition) is 1. The third-order valence-corrected chi connectivity index (χ3v) is 5.81. The van der Waals surface area contributed by atoms with Crippen LogP contribution in [0.25, 0.3) is 0 Å². The number of amides is 1. The summed E-state index contributed by atoms with van der Waals surface area (Å²) in [7, 11) is 0. The minimum absolute atomic E-state index is 0.206. The van der Waals surface area contributed by atoms with Crippen molar-refractivity contribution in [3.05, 3.63) is 34.9 Å². The van der Waals surface area contributed by atoms with E-state index in [1.165, 1.54) is 12.0 Å². The van der Waals surface area contributed by atoms with Crippen molar-refractivity contribution in [3.63, 3.8) is 0 Å². The maximum absolute atomic E-state index is 12.7. The summed E-state index contributed by atoms with van der Waals surface area (Å²) in [5.41, 5.74) is 1.22. The molecule has 5 nitrogen and oxygen atoms in total. The van der Waals surface area contributed by atoms with Gasteiger partial charge in [-0.25, -0.2) is 0 Å². The van der Waals surface area contributed by atoms with Gasteiger partial charge in [0.05, 0.1) is 6.54 Å². The summed E-state index contributed by atoms with van der Waals surface area (Å²) in [6, 6.07) is 8.35. The van der Waals surface area contributed by atoms with Crippen LogP contribution in [-0.4, -0.2) is 77.6 Å². The van der Waals surface area contributed by atoms with Crippen molar-refractivity contribution < 1.29 is 9.90 Å². The Labute approximate surface area is 161 Å². The normalized spacial score (nSPS) is 22.5. The van der Waals surface area contributed by atoms with E-state index in [9.17, 15) is 9.90 Å². The van der Waals surface area contributed by atoms with Crippen molar-refractivity contribution in [1.29, 1.82) is 0 Å². The standard InChI is InChI=1S/C20H30ClN3O2/c21-18-5-3-4-17(14-18)15-22-9-11-23(12-10-22)20(26)16-24-8-2-1-6-19(24)7-13-25/h3-5,14,19,25H,1-2,6-13,15-16H2. The average molecular weight is 380 g/mol. The van der Waals surface area contributed by atoms with Crippen LogP contribution in [0.3, 0.4) is 0 Å². The van der Waals surface area contributed by atoms with Crippen LogP contribution in [0.4, 0.5) is 0 Å². The van der Waals surface area contributed by atoms with E-state index in [1.54, 1.807) is 0 Å². The van der Waals surface area contributed by atoms with Gasteiger partial charge in [0.2, 0.25) is 5.91 Å². The Morgan fingerprint density at radius 2 is 1.96 bits per heavy atom. The number of aliphatic hydroxyl groups excluding tert-OH is 1. The van der Waals surface area contributed by atoms with Crippen LogP contribution < -0.4 is 0 Å². The molecule has 2 heterocycles. The SMILES string of the molecule is O=C(CN1CCCCC1CCO)N1CCN(Cc2cccc(Cl)c2)CC1. The number of piperidine rings is 1. The molecule has 0 bridgehead atoms. The average Bonchev–Trinajstić information content (AvgIpc) is 2.64. The number of benzene rings is 1. The van der Waals surface area contributed by atoms with Crippen molar-refractivity contribution in [2.24, 2.45) is 0 Å². The molecular formula is C20H30ClN3O2. The van der Waals surface area contributed by atoms with Crippen LogP contribution in [0.2, 0.25) is 5.02 Å². The lowest BCUT2D eigenvalue weighted by Crippen LogP contribution is -2.52. The number of rotatable bonds is 6. The molecule has 1 aromatic rings. The van der Waals surface area contributed by atoms with Gasteiger partial charge in [-0.15, -0.1) is 0 Å². The van der Waals surface area contributed by atoms with Crippen molar-refractivity contribution >= 4 is 17.5 Å². The number of aliphatic hydroxyl groups is 1.